The molecule has 1 N–H and O–H groups in total. The Balaban J connectivity index is 2.17. The van der Waals surface area contributed by atoms with Crippen molar-refractivity contribution in [3.05, 3.63) is 54.0 Å². The van der Waals surface area contributed by atoms with Crippen molar-refractivity contribution in [1.29, 1.82) is 0 Å². The fraction of sp³-hybridized carbons (Fsp3) is 0.176. The van der Waals surface area contributed by atoms with Crippen LogP contribution in [0.25, 0.3) is 16.9 Å². The lowest BCUT2D eigenvalue weighted by atomic mass is 10.1. The molecule has 0 aliphatic carbocycles. The first-order chi connectivity index (χ1) is 11.1. The Hall–Kier alpha value is -2.89. The van der Waals surface area contributed by atoms with Crippen LogP contribution in [0.4, 0.5) is 15.0 Å². The lowest BCUT2D eigenvalue weighted by Crippen LogP contribution is -2.15. The van der Waals surface area contributed by atoms with Gasteiger partial charge in [-0.1, -0.05) is 6.07 Å². The normalized spacial score (nSPS) is 10.7. The molecule has 0 saturated carbocycles. The molecule has 6 heteroatoms. The smallest absolute Gasteiger partial charge is 0.412 e. The summed E-state index contributed by atoms with van der Waals surface area (Å²) in [5.41, 5.74) is 2.96. The SMILES string of the molecule is CCOC(=O)Nc1c(-c2ccc(F)cc2)nc2c(C)cccn12. The van der Waals surface area contributed by atoms with Crippen LogP contribution in [-0.2, 0) is 4.74 Å². The fourth-order valence-electron chi connectivity index (χ4n) is 2.40. The van der Waals surface area contributed by atoms with E-state index in [1.165, 1.54) is 12.1 Å². The van der Waals surface area contributed by atoms with Crippen LogP contribution in [0.5, 0.6) is 0 Å². The van der Waals surface area contributed by atoms with Gasteiger partial charge in [0.1, 0.15) is 23.0 Å². The predicted molar refractivity (Wildman–Crippen MR) is 86.0 cm³/mol. The number of aromatic nitrogens is 2. The maximum Gasteiger partial charge on any atom is 0.412 e. The lowest BCUT2D eigenvalue weighted by molar-refractivity contribution is 0.168. The summed E-state index contributed by atoms with van der Waals surface area (Å²) in [5, 5.41) is 2.72. The second kappa shape index (κ2) is 6.08. The molecule has 0 aliphatic rings. The number of anilines is 1. The van der Waals surface area contributed by atoms with E-state index in [-0.39, 0.29) is 12.4 Å². The van der Waals surface area contributed by atoms with Crippen molar-refractivity contribution >= 4 is 17.6 Å². The summed E-state index contributed by atoms with van der Waals surface area (Å²) in [6.07, 6.45) is 1.25. The van der Waals surface area contributed by atoms with Gasteiger partial charge >= 0.3 is 6.09 Å². The van der Waals surface area contributed by atoms with E-state index in [9.17, 15) is 9.18 Å². The average molecular weight is 313 g/mol. The topological polar surface area (TPSA) is 55.6 Å². The van der Waals surface area contributed by atoms with E-state index in [4.69, 9.17) is 4.74 Å². The lowest BCUT2D eigenvalue weighted by Gasteiger charge is -2.08. The van der Waals surface area contributed by atoms with Gasteiger partial charge in [-0.3, -0.25) is 9.72 Å². The monoisotopic (exact) mass is 313 g/mol. The number of carbonyl (C=O) groups is 1. The number of hydrogen-bond acceptors (Lipinski definition) is 3. The summed E-state index contributed by atoms with van der Waals surface area (Å²) in [6.45, 7) is 3.94. The molecule has 3 aromatic rings. The number of nitrogens with one attached hydrogen (secondary N) is 1. The summed E-state index contributed by atoms with van der Waals surface area (Å²) < 4.78 is 19.9. The number of amides is 1. The molecule has 2 aromatic heterocycles. The van der Waals surface area contributed by atoms with Crippen molar-refractivity contribution in [3.63, 3.8) is 0 Å². The summed E-state index contributed by atoms with van der Waals surface area (Å²) >= 11 is 0. The molecule has 2 heterocycles. The van der Waals surface area contributed by atoms with Crippen LogP contribution in [0.15, 0.2) is 42.6 Å². The molecule has 0 atom stereocenters. The number of halogens is 1. The van der Waals surface area contributed by atoms with E-state index >= 15 is 0 Å². The minimum Gasteiger partial charge on any atom is -0.450 e. The molecule has 118 valence electrons. The van der Waals surface area contributed by atoms with Gasteiger partial charge in [-0.15, -0.1) is 0 Å². The van der Waals surface area contributed by atoms with Crippen molar-refractivity contribution in [2.75, 3.05) is 11.9 Å². The molecule has 0 saturated heterocycles. The highest BCUT2D eigenvalue weighted by Gasteiger charge is 2.17. The second-order valence-electron chi connectivity index (χ2n) is 5.05. The first kappa shape index (κ1) is 15.0. The molecule has 0 spiro atoms. The minimum absolute atomic E-state index is 0.271. The summed E-state index contributed by atoms with van der Waals surface area (Å²) in [6, 6.07) is 9.78. The van der Waals surface area contributed by atoms with Crippen LogP contribution in [0, 0.1) is 12.7 Å². The number of hydrogen-bond donors (Lipinski definition) is 1. The third-order valence-electron chi connectivity index (χ3n) is 3.46. The highest BCUT2D eigenvalue weighted by atomic mass is 19.1. The van der Waals surface area contributed by atoms with Gasteiger partial charge < -0.3 is 4.74 Å². The van der Waals surface area contributed by atoms with Gasteiger partial charge in [0.2, 0.25) is 0 Å². The molecule has 0 bridgehead atoms. The zero-order valence-corrected chi connectivity index (χ0v) is 12.8. The van der Waals surface area contributed by atoms with E-state index in [2.05, 4.69) is 10.3 Å². The predicted octanol–water partition coefficient (Wildman–Crippen LogP) is 4.02. The van der Waals surface area contributed by atoms with Crippen molar-refractivity contribution in [3.8, 4) is 11.3 Å². The molecular weight excluding hydrogens is 297 g/mol. The quantitative estimate of drug-likeness (QED) is 0.794. The molecule has 0 fully saturated rings. The van der Waals surface area contributed by atoms with E-state index in [1.54, 1.807) is 23.5 Å². The van der Waals surface area contributed by atoms with Gasteiger partial charge in [0, 0.05) is 11.8 Å². The number of pyridine rings is 1. The maximum absolute atomic E-state index is 13.2. The molecule has 1 amide bonds. The Morgan fingerprint density at radius 1 is 1.30 bits per heavy atom. The maximum atomic E-state index is 13.2. The van der Waals surface area contributed by atoms with Gasteiger partial charge in [0.15, 0.2) is 0 Å². The highest BCUT2D eigenvalue weighted by molar-refractivity contribution is 5.90. The van der Waals surface area contributed by atoms with Gasteiger partial charge in [-0.2, -0.15) is 0 Å². The van der Waals surface area contributed by atoms with E-state index in [1.807, 2.05) is 25.3 Å². The average Bonchev–Trinajstić information content (AvgIpc) is 2.89. The zero-order valence-electron chi connectivity index (χ0n) is 12.8. The molecule has 3 rings (SSSR count). The third-order valence-corrected chi connectivity index (χ3v) is 3.46. The summed E-state index contributed by atoms with van der Waals surface area (Å²) in [4.78, 5) is 16.4. The molecule has 0 aliphatic heterocycles. The van der Waals surface area contributed by atoms with Crippen molar-refractivity contribution < 1.29 is 13.9 Å². The number of imidazole rings is 1. The first-order valence-electron chi connectivity index (χ1n) is 7.27. The number of fused-ring (bicyclic) bond motifs is 1. The van der Waals surface area contributed by atoms with Gasteiger partial charge in [0.25, 0.3) is 0 Å². The van der Waals surface area contributed by atoms with Crippen LogP contribution in [0.3, 0.4) is 0 Å². The largest absolute Gasteiger partial charge is 0.450 e. The number of carbonyl (C=O) groups excluding carboxylic acids is 1. The van der Waals surface area contributed by atoms with E-state index in [0.29, 0.717) is 17.1 Å². The van der Waals surface area contributed by atoms with Gasteiger partial charge in [-0.05, 0) is 49.7 Å². The zero-order chi connectivity index (χ0) is 16.4. The van der Waals surface area contributed by atoms with Crippen molar-refractivity contribution in [1.82, 2.24) is 9.38 Å². The standard InChI is InChI=1S/C17H16FN3O2/c1-3-23-17(22)20-16-14(12-6-8-13(18)9-7-12)19-15-11(2)5-4-10-21(15)16/h4-10H,3H2,1-2H3,(H,20,22). The number of benzene rings is 1. The Morgan fingerprint density at radius 2 is 2.04 bits per heavy atom. The Kier molecular flexibility index (Phi) is 3.97. The van der Waals surface area contributed by atoms with Crippen molar-refractivity contribution in [2.45, 2.75) is 13.8 Å². The molecular formula is C17H16FN3O2. The third kappa shape index (κ3) is 2.88. The van der Waals surface area contributed by atoms with E-state index < -0.39 is 6.09 Å². The number of nitrogens with zero attached hydrogens (tertiary/aromatic N) is 2. The van der Waals surface area contributed by atoms with Gasteiger partial charge in [0.05, 0.1) is 6.61 Å². The fourth-order valence-corrected chi connectivity index (χ4v) is 2.40. The molecule has 5 nitrogen and oxygen atoms in total. The molecule has 23 heavy (non-hydrogen) atoms. The summed E-state index contributed by atoms with van der Waals surface area (Å²) in [5.74, 6) is 0.169. The molecule has 0 unspecified atom stereocenters. The Bertz CT molecular complexity index is 856. The molecule has 1 aromatic carbocycles. The number of aryl methyl sites for hydroxylation is 1. The number of ether oxygens (including phenoxy) is 1. The highest BCUT2D eigenvalue weighted by Crippen LogP contribution is 2.30. The van der Waals surface area contributed by atoms with Gasteiger partial charge in [-0.25, -0.2) is 14.2 Å². The minimum atomic E-state index is -0.556. The van der Waals surface area contributed by atoms with Crippen LogP contribution in [-0.4, -0.2) is 22.1 Å². The second-order valence-corrected chi connectivity index (χ2v) is 5.05. The Labute approximate surface area is 132 Å². The number of rotatable bonds is 3. The van der Waals surface area contributed by atoms with Crippen LogP contribution >= 0.6 is 0 Å². The van der Waals surface area contributed by atoms with Crippen molar-refractivity contribution in [2.24, 2.45) is 0 Å². The molecule has 0 radical (unpaired) electrons. The van der Waals surface area contributed by atoms with Crippen LogP contribution in [0.2, 0.25) is 0 Å². The first-order valence-corrected chi connectivity index (χ1v) is 7.27. The van der Waals surface area contributed by atoms with Crippen LogP contribution < -0.4 is 5.32 Å². The van der Waals surface area contributed by atoms with Crippen LogP contribution in [0.1, 0.15) is 12.5 Å². The van der Waals surface area contributed by atoms with E-state index in [0.717, 1.165) is 11.2 Å². The summed E-state index contributed by atoms with van der Waals surface area (Å²) in [7, 11) is 0. The Morgan fingerprint density at radius 3 is 2.74 bits per heavy atom.